The zero-order valence-electron chi connectivity index (χ0n) is 17.0. The van der Waals surface area contributed by atoms with E-state index in [1.54, 1.807) is 0 Å². The van der Waals surface area contributed by atoms with Gasteiger partial charge < -0.3 is 29.5 Å². The number of fused-ring (bicyclic) bond motifs is 1. The molecule has 2 N–H and O–H groups in total. The zero-order chi connectivity index (χ0) is 20.8. The standard InChI is InChI=1S/C23H28N2O5/c26-20(15-28-14-17-6-7-21-22(12-17)30-16-29-21)13-25-10-8-19(9-11-25)24-23(27)18-4-2-1-3-5-18/h1-7,12,19-20,26H,8-11,13-16H2,(H,24,27). The van der Waals surface area contributed by atoms with Crippen LogP contribution in [0, 0.1) is 0 Å². The highest BCUT2D eigenvalue weighted by Gasteiger charge is 2.22. The van der Waals surface area contributed by atoms with Gasteiger partial charge in [-0.05, 0) is 42.7 Å². The third kappa shape index (κ3) is 5.50. The number of nitrogens with one attached hydrogen (secondary N) is 1. The molecule has 1 unspecified atom stereocenters. The van der Waals surface area contributed by atoms with E-state index < -0.39 is 6.10 Å². The molecule has 1 saturated heterocycles. The number of amides is 1. The quantitative estimate of drug-likeness (QED) is 0.692. The van der Waals surface area contributed by atoms with E-state index in [0.717, 1.165) is 43.0 Å². The van der Waals surface area contributed by atoms with Gasteiger partial charge in [-0.25, -0.2) is 0 Å². The van der Waals surface area contributed by atoms with Crippen molar-refractivity contribution >= 4 is 5.91 Å². The average molecular weight is 412 g/mol. The maximum atomic E-state index is 12.3. The molecule has 30 heavy (non-hydrogen) atoms. The molecular formula is C23H28N2O5. The molecule has 7 nitrogen and oxygen atoms in total. The molecule has 0 aromatic heterocycles. The first-order valence-corrected chi connectivity index (χ1v) is 10.4. The lowest BCUT2D eigenvalue weighted by Gasteiger charge is -2.33. The molecule has 0 saturated carbocycles. The minimum absolute atomic E-state index is 0.0222. The summed E-state index contributed by atoms with van der Waals surface area (Å²) in [6.07, 6.45) is 1.21. The molecule has 4 rings (SSSR count). The largest absolute Gasteiger partial charge is 0.454 e. The number of aliphatic hydroxyl groups is 1. The summed E-state index contributed by atoms with van der Waals surface area (Å²) in [4.78, 5) is 14.5. The summed E-state index contributed by atoms with van der Waals surface area (Å²) in [7, 11) is 0. The average Bonchev–Trinajstić information content (AvgIpc) is 3.24. The lowest BCUT2D eigenvalue weighted by Crippen LogP contribution is -2.47. The number of ether oxygens (including phenoxy) is 3. The summed E-state index contributed by atoms with van der Waals surface area (Å²) >= 11 is 0. The Balaban J connectivity index is 1.13. The van der Waals surface area contributed by atoms with Gasteiger partial charge in [0.2, 0.25) is 6.79 Å². The third-order valence-electron chi connectivity index (χ3n) is 5.44. The number of rotatable bonds is 8. The number of benzene rings is 2. The summed E-state index contributed by atoms with van der Waals surface area (Å²) in [6, 6.07) is 15.2. The highest BCUT2D eigenvalue weighted by Crippen LogP contribution is 2.32. The van der Waals surface area contributed by atoms with Crippen LogP contribution in [0.1, 0.15) is 28.8 Å². The van der Waals surface area contributed by atoms with Crippen LogP contribution >= 0.6 is 0 Å². The highest BCUT2D eigenvalue weighted by atomic mass is 16.7. The Morgan fingerprint density at radius 3 is 2.70 bits per heavy atom. The van der Waals surface area contributed by atoms with E-state index in [0.29, 0.717) is 18.7 Å². The van der Waals surface area contributed by atoms with Gasteiger partial charge in [-0.1, -0.05) is 24.3 Å². The number of piperidine rings is 1. The molecule has 2 aromatic carbocycles. The Labute approximate surface area is 176 Å². The Hall–Kier alpha value is -2.61. The molecule has 1 fully saturated rings. The molecule has 7 heteroatoms. The first-order valence-electron chi connectivity index (χ1n) is 10.4. The molecule has 2 heterocycles. The smallest absolute Gasteiger partial charge is 0.251 e. The highest BCUT2D eigenvalue weighted by molar-refractivity contribution is 5.94. The van der Waals surface area contributed by atoms with Gasteiger partial charge >= 0.3 is 0 Å². The predicted molar refractivity (Wildman–Crippen MR) is 112 cm³/mol. The maximum absolute atomic E-state index is 12.3. The minimum Gasteiger partial charge on any atom is -0.454 e. The van der Waals surface area contributed by atoms with Crippen LogP contribution in [0.2, 0.25) is 0 Å². The topological polar surface area (TPSA) is 80.3 Å². The van der Waals surface area contributed by atoms with Gasteiger partial charge in [-0.15, -0.1) is 0 Å². The van der Waals surface area contributed by atoms with Crippen molar-refractivity contribution in [2.75, 3.05) is 33.0 Å². The van der Waals surface area contributed by atoms with E-state index >= 15 is 0 Å². The molecule has 160 valence electrons. The Morgan fingerprint density at radius 2 is 1.90 bits per heavy atom. The molecule has 1 amide bonds. The zero-order valence-corrected chi connectivity index (χ0v) is 17.0. The minimum atomic E-state index is -0.547. The number of carbonyl (C=O) groups is 1. The maximum Gasteiger partial charge on any atom is 0.251 e. The number of nitrogens with zero attached hydrogens (tertiary/aromatic N) is 1. The molecule has 2 aromatic rings. The van der Waals surface area contributed by atoms with Crippen LogP contribution in [0.3, 0.4) is 0 Å². The van der Waals surface area contributed by atoms with E-state index in [4.69, 9.17) is 14.2 Å². The van der Waals surface area contributed by atoms with Gasteiger partial charge in [0.15, 0.2) is 11.5 Å². The van der Waals surface area contributed by atoms with E-state index in [9.17, 15) is 9.90 Å². The van der Waals surface area contributed by atoms with Crippen molar-refractivity contribution in [3.05, 3.63) is 59.7 Å². The second kappa shape index (κ2) is 9.93. The molecular weight excluding hydrogens is 384 g/mol. The first-order chi connectivity index (χ1) is 14.7. The lowest BCUT2D eigenvalue weighted by molar-refractivity contribution is 0.00568. The second-order valence-electron chi connectivity index (χ2n) is 7.77. The fourth-order valence-corrected chi connectivity index (χ4v) is 3.81. The fourth-order valence-electron chi connectivity index (χ4n) is 3.81. The molecule has 1 atom stereocenters. The SMILES string of the molecule is O=C(NC1CCN(CC(O)COCc2ccc3c(c2)OCO3)CC1)c1ccccc1. The summed E-state index contributed by atoms with van der Waals surface area (Å²) < 4.78 is 16.3. The Bertz CT molecular complexity index is 837. The van der Waals surface area contributed by atoms with Crippen LogP contribution in [0.5, 0.6) is 11.5 Å². The van der Waals surface area contributed by atoms with E-state index in [1.807, 2.05) is 48.5 Å². The first kappa shape index (κ1) is 20.7. The van der Waals surface area contributed by atoms with Crippen LogP contribution in [0.25, 0.3) is 0 Å². The van der Waals surface area contributed by atoms with E-state index in [1.165, 1.54) is 0 Å². The molecule has 2 aliphatic rings. The number of β-amino-alcohol motifs (C(OH)–C–C–N with tert-alkyl or cyclic N) is 1. The fraction of sp³-hybridized carbons (Fsp3) is 0.435. The third-order valence-corrected chi connectivity index (χ3v) is 5.44. The number of hydrogen-bond donors (Lipinski definition) is 2. The number of hydrogen-bond acceptors (Lipinski definition) is 6. The van der Waals surface area contributed by atoms with Gasteiger partial charge in [0, 0.05) is 31.2 Å². The Kier molecular flexibility index (Phi) is 6.84. The van der Waals surface area contributed by atoms with Crippen molar-refractivity contribution < 1.29 is 24.1 Å². The molecule has 2 aliphatic heterocycles. The van der Waals surface area contributed by atoms with Crippen LogP contribution in [-0.4, -0.2) is 61.1 Å². The van der Waals surface area contributed by atoms with E-state index in [-0.39, 0.29) is 25.3 Å². The van der Waals surface area contributed by atoms with Crippen molar-refractivity contribution in [2.45, 2.75) is 31.6 Å². The Morgan fingerprint density at radius 1 is 1.13 bits per heavy atom. The van der Waals surface area contributed by atoms with Gasteiger partial charge in [0.1, 0.15) is 0 Å². The summed E-state index contributed by atoms with van der Waals surface area (Å²) in [5.74, 6) is 1.46. The van der Waals surface area contributed by atoms with Crippen molar-refractivity contribution in [3.8, 4) is 11.5 Å². The molecule has 0 bridgehead atoms. The monoisotopic (exact) mass is 412 g/mol. The van der Waals surface area contributed by atoms with Crippen molar-refractivity contribution in [1.82, 2.24) is 10.2 Å². The van der Waals surface area contributed by atoms with Crippen molar-refractivity contribution in [1.29, 1.82) is 0 Å². The van der Waals surface area contributed by atoms with Crippen molar-refractivity contribution in [2.24, 2.45) is 0 Å². The molecule has 0 spiro atoms. The molecule has 0 radical (unpaired) electrons. The van der Waals surface area contributed by atoms with Crippen molar-refractivity contribution in [3.63, 3.8) is 0 Å². The summed E-state index contributed by atoms with van der Waals surface area (Å²) in [5.41, 5.74) is 1.68. The van der Waals surface area contributed by atoms with Crippen LogP contribution in [0.4, 0.5) is 0 Å². The van der Waals surface area contributed by atoms with Crippen LogP contribution in [-0.2, 0) is 11.3 Å². The lowest BCUT2D eigenvalue weighted by atomic mass is 10.0. The van der Waals surface area contributed by atoms with Crippen LogP contribution < -0.4 is 14.8 Å². The van der Waals surface area contributed by atoms with Gasteiger partial charge in [0.25, 0.3) is 5.91 Å². The number of carbonyl (C=O) groups excluding carboxylic acids is 1. The number of aliphatic hydroxyl groups excluding tert-OH is 1. The van der Waals surface area contributed by atoms with Gasteiger partial charge in [0.05, 0.1) is 19.3 Å². The molecule has 0 aliphatic carbocycles. The van der Waals surface area contributed by atoms with Crippen LogP contribution in [0.15, 0.2) is 48.5 Å². The van der Waals surface area contributed by atoms with E-state index in [2.05, 4.69) is 10.2 Å². The van der Waals surface area contributed by atoms with Gasteiger partial charge in [-0.3, -0.25) is 4.79 Å². The summed E-state index contributed by atoms with van der Waals surface area (Å²) in [6.45, 7) is 3.21. The number of likely N-dealkylation sites (tertiary alicyclic amines) is 1. The summed E-state index contributed by atoms with van der Waals surface area (Å²) in [5, 5.41) is 13.4. The predicted octanol–water partition coefficient (Wildman–Crippen LogP) is 2.19. The second-order valence-corrected chi connectivity index (χ2v) is 7.77. The normalized spacial score (nSPS) is 17.6. The van der Waals surface area contributed by atoms with Gasteiger partial charge in [-0.2, -0.15) is 0 Å².